The van der Waals surface area contributed by atoms with E-state index in [1.807, 2.05) is 13.8 Å². The van der Waals surface area contributed by atoms with Gasteiger partial charge in [-0.25, -0.2) is 0 Å². The highest BCUT2D eigenvalue weighted by Crippen LogP contribution is 2.16. The Hall–Kier alpha value is -2.64. The first kappa shape index (κ1) is 11.8. The van der Waals surface area contributed by atoms with Crippen LogP contribution >= 0.6 is 0 Å². The fourth-order valence-electron chi connectivity index (χ4n) is 1.40. The van der Waals surface area contributed by atoms with Crippen LogP contribution in [0.3, 0.4) is 0 Å². The maximum absolute atomic E-state index is 11.8. The highest BCUT2D eigenvalue weighted by Gasteiger charge is 2.16. The van der Waals surface area contributed by atoms with E-state index in [0.717, 1.165) is 17.5 Å². The molecule has 94 valence electrons. The van der Waals surface area contributed by atoms with Gasteiger partial charge in [-0.15, -0.1) is 0 Å². The minimum absolute atomic E-state index is 0.113. The number of hydrogen-bond donors (Lipinski definition) is 3. The predicted octanol–water partition coefficient (Wildman–Crippen LogP) is 1.52. The van der Waals surface area contributed by atoms with Gasteiger partial charge in [0.1, 0.15) is 5.69 Å². The Morgan fingerprint density at radius 3 is 2.72 bits per heavy atom. The lowest BCUT2D eigenvalue weighted by Crippen LogP contribution is -2.13. The molecule has 0 atom stereocenters. The smallest absolute Gasteiger partial charge is 0.287 e. The molecule has 0 fully saturated rings. The summed E-state index contributed by atoms with van der Waals surface area (Å²) in [6.45, 7) is 3.64. The van der Waals surface area contributed by atoms with Crippen molar-refractivity contribution in [1.29, 1.82) is 0 Å². The molecule has 2 rings (SSSR count). The van der Waals surface area contributed by atoms with Gasteiger partial charge in [-0.2, -0.15) is 5.10 Å². The fraction of sp³-hybridized carbons (Fsp3) is 0.200. The third-order valence-corrected chi connectivity index (χ3v) is 2.61. The van der Waals surface area contributed by atoms with Crippen molar-refractivity contribution in [1.82, 2.24) is 15.2 Å². The second kappa shape index (κ2) is 4.32. The second-order valence-electron chi connectivity index (χ2n) is 3.81. The molecule has 0 aliphatic heterocycles. The number of nitrogens with one attached hydrogen (secondary N) is 3. The van der Waals surface area contributed by atoms with Crippen molar-refractivity contribution < 1.29 is 9.72 Å². The lowest BCUT2D eigenvalue weighted by atomic mass is 10.3. The van der Waals surface area contributed by atoms with Crippen molar-refractivity contribution in [3.63, 3.8) is 0 Å². The van der Waals surface area contributed by atoms with Gasteiger partial charge < -0.3 is 10.3 Å². The molecular weight excluding hydrogens is 238 g/mol. The Labute approximate surface area is 102 Å². The highest BCUT2D eigenvalue weighted by molar-refractivity contribution is 6.03. The molecule has 3 N–H and O–H groups in total. The van der Waals surface area contributed by atoms with Crippen LogP contribution in [0.5, 0.6) is 0 Å². The van der Waals surface area contributed by atoms with E-state index in [1.165, 1.54) is 6.07 Å². The lowest BCUT2D eigenvalue weighted by Gasteiger charge is -2.00. The Balaban J connectivity index is 2.17. The molecule has 0 radical (unpaired) electrons. The molecule has 2 aromatic rings. The summed E-state index contributed by atoms with van der Waals surface area (Å²) in [6, 6.07) is 1.17. The van der Waals surface area contributed by atoms with Crippen LogP contribution in [0.4, 0.5) is 11.5 Å². The van der Waals surface area contributed by atoms with E-state index < -0.39 is 10.8 Å². The van der Waals surface area contributed by atoms with Gasteiger partial charge in [0.2, 0.25) is 0 Å². The monoisotopic (exact) mass is 249 g/mol. The summed E-state index contributed by atoms with van der Waals surface area (Å²) in [5, 5.41) is 19.7. The minimum atomic E-state index is -0.572. The standard InChI is InChI=1S/C10H11N5O3/c1-5-6(2)13-14-9(5)12-10(16)8-3-7(4-11-8)15(17)18/h3-4,11H,1-2H3,(H2,12,13,14,16). The SMILES string of the molecule is Cc1[nH]nc(NC(=O)c2cc([N+](=O)[O-])c[nH]2)c1C. The number of amides is 1. The number of H-pyrrole nitrogens is 2. The third kappa shape index (κ3) is 2.08. The number of nitro groups is 1. The highest BCUT2D eigenvalue weighted by atomic mass is 16.6. The van der Waals surface area contributed by atoms with Crippen molar-refractivity contribution in [2.75, 3.05) is 5.32 Å². The van der Waals surface area contributed by atoms with Crippen LogP contribution in [-0.4, -0.2) is 26.0 Å². The first-order chi connectivity index (χ1) is 8.49. The normalized spacial score (nSPS) is 10.3. The maximum Gasteiger partial charge on any atom is 0.287 e. The average molecular weight is 249 g/mol. The Morgan fingerprint density at radius 2 is 2.22 bits per heavy atom. The molecule has 2 aromatic heterocycles. The van der Waals surface area contributed by atoms with Gasteiger partial charge in [-0.1, -0.05) is 0 Å². The molecule has 8 heteroatoms. The zero-order valence-electron chi connectivity index (χ0n) is 9.77. The molecule has 0 aliphatic rings. The topological polar surface area (TPSA) is 117 Å². The molecule has 0 spiro atoms. The number of anilines is 1. The molecule has 18 heavy (non-hydrogen) atoms. The van der Waals surface area contributed by atoms with Gasteiger partial charge in [0, 0.05) is 17.3 Å². The molecule has 0 saturated carbocycles. The number of aromatic amines is 2. The largest absolute Gasteiger partial charge is 0.351 e. The first-order valence-corrected chi connectivity index (χ1v) is 5.14. The molecule has 0 unspecified atom stereocenters. The summed E-state index contributed by atoms with van der Waals surface area (Å²) in [6.07, 6.45) is 1.16. The number of aryl methyl sites for hydroxylation is 1. The van der Waals surface area contributed by atoms with E-state index in [0.29, 0.717) is 5.82 Å². The number of carbonyl (C=O) groups excluding carboxylic acids is 1. The van der Waals surface area contributed by atoms with E-state index in [-0.39, 0.29) is 11.4 Å². The Kier molecular flexibility index (Phi) is 2.84. The Bertz CT molecular complexity index is 613. The molecule has 0 saturated heterocycles. The van der Waals surface area contributed by atoms with Crippen molar-refractivity contribution in [3.05, 3.63) is 39.3 Å². The fourth-order valence-corrected chi connectivity index (χ4v) is 1.40. The van der Waals surface area contributed by atoms with Gasteiger partial charge >= 0.3 is 0 Å². The van der Waals surface area contributed by atoms with Gasteiger partial charge in [0.25, 0.3) is 11.6 Å². The number of hydrogen-bond acceptors (Lipinski definition) is 4. The zero-order valence-corrected chi connectivity index (χ0v) is 9.77. The second-order valence-corrected chi connectivity index (χ2v) is 3.81. The summed E-state index contributed by atoms with van der Waals surface area (Å²) in [4.78, 5) is 24.3. The van der Waals surface area contributed by atoms with Crippen molar-refractivity contribution in [3.8, 4) is 0 Å². The van der Waals surface area contributed by atoms with E-state index >= 15 is 0 Å². The van der Waals surface area contributed by atoms with Crippen LogP contribution in [0.25, 0.3) is 0 Å². The zero-order chi connectivity index (χ0) is 13.3. The van der Waals surface area contributed by atoms with Crippen LogP contribution in [-0.2, 0) is 0 Å². The Morgan fingerprint density at radius 1 is 1.50 bits per heavy atom. The molecule has 8 nitrogen and oxygen atoms in total. The maximum atomic E-state index is 11.8. The van der Waals surface area contributed by atoms with Crippen molar-refractivity contribution in [2.45, 2.75) is 13.8 Å². The number of aromatic nitrogens is 3. The first-order valence-electron chi connectivity index (χ1n) is 5.14. The summed E-state index contributed by atoms with van der Waals surface area (Å²) in [5.74, 6) is -0.0625. The van der Waals surface area contributed by atoms with E-state index in [1.54, 1.807) is 0 Å². The quantitative estimate of drug-likeness (QED) is 0.564. The molecule has 0 aromatic carbocycles. The van der Waals surface area contributed by atoms with Crippen molar-refractivity contribution in [2.24, 2.45) is 0 Å². The lowest BCUT2D eigenvalue weighted by molar-refractivity contribution is -0.384. The van der Waals surface area contributed by atoms with Crippen LogP contribution in [0.1, 0.15) is 21.7 Å². The number of nitrogens with zero attached hydrogens (tertiary/aromatic N) is 2. The average Bonchev–Trinajstić information content (AvgIpc) is 2.91. The van der Waals surface area contributed by atoms with Crippen LogP contribution in [0, 0.1) is 24.0 Å². The predicted molar refractivity (Wildman–Crippen MR) is 63.5 cm³/mol. The van der Waals surface area contributed by atoms with Gasteiger partial charge in [0.05, 0.1) is 11.1 Å². The van der Waals surface area contributed by atoms with Crippen LogP contribution in [0.2, 0.25) is 0 Å². The van der Waals surface area contributed by atoms with Gasteiger partial charge in [-0.05, 0) is 13.8 Å². The number of carbonyl (C=O) groups is 1. The van der Waals surface area contributed by atoms with E-state index in [4.69, 9.17) is 0 Å². The summed E-state index contributed by atoms with van der Waals surface area (Å²) < 4.78 is 0. The minimum Gasteiger partial charge on any atom is -0.351 e. The molecular formula is C10H11N5O3. The van der Waals surface area contributed by atoms with E-state index in [9.17, 15) is 14.9 Å². The van der Waals surface area contributed by atoms with Crippen LogP contribution in [0.15, 0.2) is 12.3 Å². The van der Waals surface area contributed by atoms with E-state index in [2.05, 4.69) is 20.5 Å². The van der Waals surface area contributed by atoms with Gasteiger partial charge in [0.15, 0.2) is 5.82 Å². The molecule has 1 amide bonds. The summed E-state index contributed by atoms with van der Waals surface area (Å²) in [5.41, 5.74) is 1.63. The third-order valence-electron chi connectivity index (χ3n) is 2.61. The van der Waals surface area contributed by atoms with Crippen molar-refractivity contribution >= 4 is 17.4 Å². The van der Waals surface area contributed by atoms with Crippen LogP contribution < -0.4 is 5.32 Å². The summed E-state index contributed by atoms with van der Waals surface area (Å²) >= 11 is 0. The number of rotatable bonds is 3. The molecule has 2 heterocycles. The summed E-state index contributed by atoms with van der Waals surface area (Å²) in [7, 11) is 0. The molecule has 0 aliphatic carbocycles. The molecule has 0 bridgehead atoms. The van der Waals surface area contributed by atoms with Gasteiger partial charge in [-0.3, -0.25) is 20.0 Å².